The molecule has 1 N–H and O–H groups in total. The lowest BCUT2D eigenvalue weighted by Gasteiger charge is -2.47. The van der Waals surface area contributed by atoms with Crippen LogP contribution in [0.4, 0.5) is 0 Å². The second kappa shape index (κ2) is 6.76. The topological polar surface area (TPSA) is 18.5 Å². The number of fused-ring (bicyclic) bond motifs is 3. The molecule has 0 aromatic heterocycles. The van der Waals surface area contributed by atoms with Gasteiger partial charge in [-0.2, -0.15) is 0 Å². The second-order valence-corrected chi connectivity index (χ2v) is 7.40. The molecule has 0 aromatic rings. The first-order valence-electron chi connectivity index (χ1n) is 8.97. The molecule has 0 spiro atoms. The third-order valence-corrected chi connectivity index (χ3v) is 5.92. The molecule has 0 amide bonds. The zero-order valence-electron chi connectivity index (χ0n) is 13.5. The van der Waals surface area contributed by atoms with Gasteiger partial charge in [-0.25, -0.2) is 0 Å². The molecule has 3 atom stereocenters. The summed E-state index contributed by atoms with van der Waals surface area (Å²) in [5, 5.41) is 4.01. The van der Waals surface area contributed by atoms with Gasteiger partial charge in [0.25, 0.3) is 0 Å². The summed E-state index contributed by atoms with van der Waals surface area (Å²) in [6.45, 7) is 12.7. The molecule has 3 nitrogen and oxygen atoms in total. The first-order chi connectivity index (χ1) is 9.76. The highest BCUT2D eigenvalue weighted by molar-refractivity contribution is 4.93. The van der Waals surface area contributed by atoms with Gasteiger partial charge in [0.15, 0.2) is 0 Å². The van der Waals surface area contributed by atoms with Crippen LogP contribution in [0.2, 0.25) is 0 Å². The molecule has 3 heteroatoms. The van der Waals surface area contributed by atoms with Crippen molar-refractivity contribution in [2.45, 2.75) is 58.0 Å². The summed E-state index contributed by atoms with van der Waals surface area (Å²) in [4.78, 5) is 5.34. The van der Waals surface area contributed by atoms with E-state index in [1.165, 1.54) is 71.4 Å². The van der Waals surface area contributed by atoms with Gasteiger partial charge in [0.05, 0.1) is 0 Å². The number of nitrogens with one attached hydrogen (secondary N) is 1. The normalized spacial score (nSPS) is 39.9. The number of nitrogens with zero attached hydrogens (tertiary/aromatic N) is 2. The summed E-state index contributed by atoms with van der Waals surface area (Å²) < 4.78 is 0. The van der Waals surface area contributed by atoms with E-state index >= 15 is 0 Å². The molecule has 0 aliphatic carbocycles. The molecule has 4 saturated heterocycles. The maximum atomic E-state index is 4.01. The molecular weight excluding hydrogens is 246 g/mol. The highest BCUT2D eigenvalue weighted by Gasteiger charge is 2.35. The first kappa shape index (κ1) is 14.8. The van der Waals surface area contributed by atoms with E-state index in [0.717, 1.165) is 17.9 Å². The van der Waals surface area contributed by atoms with Crippen LogP contribution in [-0.4, -0.2) is 61.2 Å². The molecule has 0 radical (unpaired) electrons. The number of likely N-dealkylation sites (tertiary alicyclic amines) is 1. The van der Waals surface area contributed by atoms with Crippen molar-refractivity contribution in [3.63, 3.8) is 0 Å². The van der Waals surface area contributed by atoms with E-state index in [0.29, 0.717) is 6.04 Å². The van der Waals surface area contributed by atoms with Gasteiger partial charge >= 0.3 is 0 Å². The Hall–Kier alpha value is -0.120. The van der Waals surface area contributed by atoms with Crippen molar-refractivity contribution in [2.24, 2.45) is 11.8 Å². The second-order valence-electron chi connectivity index (χ2n) is 7.40. The molecule has 116 valence electrons. The van der Waals surface area contributed by atoms with Crippen molar-refractivity contribution in [1.29, 1.82) is 0 Å². The molecule has 20 heavy (non-hydrogen) atoms. The van der Waals surface area contributed by atoms with Gasteiger partial charge in [0.1, 0.15) is 0 Å². The summed E-state index contributed by atoms with van der Waals surface area (Å²) in [7, 11) is 0. The fraction of sp³-hybridized carbons (Fsp3) is 1.00. The average Bonchev–Trinajstić information content (AvgIpc) is 2.49. The van der Waals surface area contributed by atoms with E-state index in [1.807, 2.05) is 0 Å². The zero-order chi connectivity index (χ0) is 13.9. The summed E-state index contributed by atoms with van der Waals surface area (Å²) >= 11 is 0. The SMILES string of the molecule is CCCN1CCCC(C(C)NC2CN3CCC2CC3)C1. The lowest BCUT2D eigenvalue weighted by atomic mass is 9.82. The van der Waals surface area contributed by atoms with Crippen LogP contribution < -0.4 is 5.32 Å². The van der Waals surface area contributed by atoms with Crippen molar-refractivity contribution in [3.05, 3.63) is 0 Å². The lowest BCUT2D eigenvalue weighted by Crippen LogP contribution is -2.59. The molecule has 3 unspecified atom stereocenters. The standard InChI is InChI=1S/C17H33N3/c1-3-8-19-9-4-5-16(12-19)14(2)18-17-13-20-10-6-15(17)7-11-20/h14-18H,3-13H2,1-2H3. The summed E-state index contributed by atoms with van der Waals surface area (Å²) in [5.74, 6) is 1.82. The van der Waals surface area contributed by atoms with Crippen molar-refractivity contribution >= 4 is 0 Å². The molecule has 4 rings (SSSR count). The number of hydrogen-bond acceptors (Lipinski definition) is 3. The molecule has 0 saturated carbocycles. The first-order valence-corrected chi connectivity index (χ1v) is 8.97. The van der Waals surface area contributed by atoms with Gasteiger partial charge in [-0.05, 0) is 77.0 Å². The Bertz CT molecular complexity index is 297. The Morgan fingerprint density at radius 2 is 1.90 bits per heavy atom. The van der Waals surface area contributed by atoms with Gasteiger partial charge in [-0.15, -0.1) is 0 Å². The van der Waals surface area contributed by atoms with Crippen LogP contribution in [0.15, 0.2) is 0 Å². The summed E-state index contributed by atoms with van der Waals surface area (Å²) in [6.07, 6.45) is 6.98. The van der Waals surface area contributed by atoms with E-state index in [-0.39, 0.29) is 0 Å². The largest absolute Gasteiger partial charge is 0.310 e. The van der Waals surface area contributed by atoms with Gasteiger partial charge in [-0.3, -0.25) is 0 Å². The van der Waals surface area contributed by atoms with Crippen LogP contribution in [-0.2, 0) is 0 Å². The Morgan fingerprint density at radius 3 is 2.55 bits per heavy atom. The minimum atomic E-state index is 0.695. The van der Waals surface area contributed by atoms with Crippen LogP contribution in [0.3, 0.4) is 0 Å². The molecular formula is C17H33N3. The summed E-state index contributed by atoms with van der Waals surface area (Å²) in [6, 6.07) is 1.47. The van der Waals surface area contributed by atoms with E-state index in [2.05, 4.69) is 29.0 Å². The maximum absolute atomic E-state index is 4.01. The molecule has 4 aliphatic rings. The minimum Gasteiger partial charge on any atom is -0.310 e. The van der Waals surface area contributed by atoms with E-state index < -0.39 is 0 Å². The van der Waals surface area contributed by atoms with Gasteiger partial charge in [0, 0.05) is 25.2 Å². The van der Waals surface area contributed by atoms with Gasteiger partial charge in [0.2, 0.25) is 0 Å². The van der Waals surface area contributed by atoms with Crippen LogP contribution in [0.1, 0.15) is 46.0 Å². The third-order valence-electron chi connectivity index (χ3n) is 5.92. The lowest BCUT2D eigenvalue weighted by molar-refractivity contribution is 0.0572. The molecule has 0 aromatic carbocycles. The van der Waals surface area contributed by atoms with Crippen molar-refractivity contribution in [2.75, 3.05) is 39.3 Å². The number of rotatable bonds is 5. The third kappa shape index (κ3) is 3.37. The van der Waals surface area contributed by atoms with E-state index in [4.69, 9.17) is 0 Å². The zero-order valence-corrected chi connectivity index (χ0v) is 13.5. The number of hydrogen-bond donors (Lipinski definition) is 1. The fourth-order valence-electron chi connectivity index (χ4n) is 4.65. The predicted molar refractivity (Wildman–Crippen MR) is 85.0 cm³/mol. The monoisotopic (exact) mass is 279 g/mol. The van der Waals surface area contributed by atoms with Gasteiger partial charge < -0.3 is 15.1 Å². The fourth-order valence-corrected chi connectivity index (χ4v) is 4.65. The molecule has 4 fully saturated rings. The summed E-state index contributed by atoms with van der Waals surface area (Å²) in [5.41, 5.74) is 0. The maximum Gasteiger partial charge on any atom is 0.0226 e. The Kier molecular flexibility index (Phi) is 5.00. The van der Waals surface area contributed by atoms with Crippen LogP contribution in [0.25, 0.3) is 0 Å². The van der Waals surface area contributed by atoms with Crippen LogP contribution in [0, 0.1) is 11.8 Å². The van der Waals surface area contributed by atoms with Gasteiger partial charge in [-0.1, -0.05) is 6.92 Å². The van der Waals surface area contributed by atoms with Crippen LogP contribution >= 0.6 is 0 Å². The molecule has 4 heterocycles. The highest BCUT2D eigenvalue weighted by atomic mass is 15.2. The Balaban J connectivity index is 1.49. The van der Waals surface area contributed by atoms with Crippen molar-refractivity contribution < 1.29 is 0 Å². The quantitative estimate of drug-likeness (QED) is 0.832. The smallest absolute Gasteiger partial charge is 0.0226 e. The minimum absolute atomic E-state index is 0.695. The average molecular weight is 279 g/mol. The highest BCUT2D eigenvalue weighted by Crippen LogP contribution is 2.29. The predicted octanol–water partition coefficient (Wildman–Crippen LogP) is 2.18. The van der Waals surface area contributed by atoms with E-state index in [1.54, 1.807) is 0 Å². The molecule has 4 aliphatic heterocycles. The van der Waals surface area contributed by atoms with Crippen LogP contribution in [0.5, 0.6) is 0 Å². The number of piperidine rings is 4. The van der Waals surface area contributed by atoms with Crippen molar-refractivity contribution in [3.8, 4) is 0 Å². The van der Waals surface area contributed by atoms with E-state index in [9.17, 15) is 0 Å². The molecule has 2 bridgehead atoms. The van der Waals surface area contributed by atoms with Crippen molar-refractivity contribution in [1.82, 2.24) is 15.1 Å². The Morgan fingerprint density at radius 1 is 1.10 bits per heavy atom. The Labute approximate surface area is 125 Å².